The van der Waals surface area contributed by atoms with Crippen LogP contribution in [0.4, 0.5) is 0 Å². The zero-order valence-corrected chi connectivity index (χ0v) is 26.2. The van der Waals surface area contributed by atoms with Crippen molar-refractivity contribution in [3.8, 4) is 45.6 Å². The van der Waals surface area contributed by atoms with E-state index in [0.717, 1.165) is 11.1 Å². The smallest absolute Gasteiger partial charge is 0.340 e. The van der Waals surface area contributed by atoms with Crippen molar-refractivity contribution in [2.75, 3.05) is 41.5 Å². The fourth-order valence-corrected chi connectivity index (χ4v) is 6.71. The van der Waals surface area contributed by atoms with Crippen molar-refractivity contribution in [3.05, 3.63) is 59.2 Å². The number of methoxy groups -OCH3 is 2. The van der Waals surface area contributed by atoms with Crippen molar-refractivity contribution in [1.82, 2.24) is 10.6 Å². The molecule has 0 aliphatic carbocycles. The van der Waals surface area contributed by atoms with Crippen molar-refractivity contribution in [2.24, 2.45) is 0 Å². The number of carboxylic acids is 1. The summed E-state index contributed by atoms with van der Waals surface area (Å²) in [6.45, 7) is 0.362. The van der Waals surface area contributed by atoms with Gasteiger partial charge in [-0.15, -0.1) is 0 Å². The molecular formula is C33H38N2O12. The normalized spacial score (nSPS) is 27.5. The van der Waals surface area contributed by atoms with Gasteiger partial charge in [-0.3, -0.25) is 0 Å². The predicted octanol–water partition coefficient (Wildman–Crippen LogP) is 1.27. The van der Waals surface area contributed by atoms with E-state index in [4.69, 9.17) is 28.4 Å². The summed E-state index contributed by atoms with van der Waals surface area (Å²) in [4.78, 5) is 12.3. The summed E-state index contributed by atoms with van der Waals surface area (Å²) < 4.78 is 36.1. The zero-order valence-electron chi connectivity index (χ0n) is 26.2. The number of aliphatic carboxylic acids is 1. The number of rotatable bonds is 10. The molecule has 7 atom stereocenters. The van der Waals surface area contributed by atoms with E-state index in [0.29, 0.717) is 46.2 Å². The number of aromatic hydroxyl groups is 1. The number of carboxylic acid groups (broad SMARTS) is 1. The van der Waals surface area contributed by atoms with Crippen molar-refractivity contribution in [2.45, 2.75) is 48.8 Å². The van der Waals surface area contributed by atoms with Gasteiger partial charge in [-0.1, -0.05) is 12.1 Å². The molecule has 0 spiro atoms. The molecule has 14 nitrogen and oxygen atoms in total. The Kier molecular flexibility index (Phi) is 8.82. The van der Waals surface area contributed by atoms with E-state index in [1.807, 2.05) is 13.1 Å². The van der Waals surface area contributed by atoms with Gasteiger partial charge < -0.3 is 64.6 Å². The van der Waals surface area contributed by atoms with Crippen molar-refractivity contribution >= 4 is 5.97 Å². The topological polar surface area (TPSA) is 198 Å². The minimum Gasteiger partial charge on any atom is -0.508 e. The van der Waals surface area contributed by atoms with Crippen LogP contribution < -0.4 is 34.3 Å². The van der Waals surface area contributed by atoms with Gasteiger partial charge in [0.25, 0.3) is 0 Å². The van der Waals surface area contributed by atoms with E-state index in [1.165, 1.54) is 13.1 Å². The van der Waals surface area contributed by atoms with Crippen molar-refractivity contribution in [1.29, 1.82) is 0 Å². The molecule has 47 heavy (non-hydrogen) atoms. The van der Waals surface area contributed by atoms with Crippen LogP contribution in [0.15, 0.2) is 42.5 Å². The third-order valence-corrected chi connectivity index (χ3v) is 8.88. The highest BCUT2D eigenvalue weighted by atomic mass is 16.7. The van der Waals surface area contributed by atoms with Crippen LogP contribution in [-0.4, -0.2) is 103 Å². The first kappa shape index (κ1) is 32.6. The van der Waals surface area contributed by atoms with Gasteiger partial charge >= 0.3 is 5.97 Å². The molecule has 0 saturated carbocycles. The number of ether oxygens (including phenoxy) is 6. The lowest BCUT2D eigenvalue weighted by molar-refractivity contribution is -0.305. The number of hydrogen-bond donors (Lipinski definition) is 7. The number of hydrogen-bond acceptors (Lipinski definition) is 13. The minimum absolute atomic E-state index is 0.00985. The Balaban J connectivity index is 1.46. The lowest BCUT2D eigenvalue weighted by Gasteiger charge is -2.45. The first-order valence-corrected chi connectivity index (χ1v) is 15.0. The maximum atomic E-state index is 12.3. The fourth-order valence-electron chi connectivity index (χ4n) is 6.71. The number of fused-ring (bicyclic) bond motifs is 5. The first-order chi connectivity index (χ1) is 22.6. The molecule has 3 aromatic rings. The molecule has 3 aromatic carbocycles. The molecular weight excluding hydrogens is 616 g/mol. The predicted molar refractivity (Wildman–Crippen MR) is 165 cm³/mol. The second-order valence-corrected chi connectivity index (χ2v) is 11.7. The van der Waals surface area contributed by atoms with Crippen molar-refractivity contribution < 1.29 is 58.7 Å². The molecule has 0 aromatic heterocycles. The van der Waals surface area contributed by atoms with Gasteiger partial charge in [0.1, 0.15) is 41.7 Å². The second-order valence-electron chi connectivity index (χ2n) is 11.7. The number of aliphatic hydroxyl groups is 3. The first-order valence-electron chi connectivity index (χ1n) is 15.0. The van der Waals surface area contributed by atoms with Gasteiger partial charge in [0, 0.05) is 30.3 Å². The summed E-state index contributed by atoms with van der Waals surface area (Å²) in [6.07, 6.45) is -7.92. The van der Waals surface area contributed by atoms with Crippen LogP contribution >= 0.6 is 0 Å². The van der Waals surface area contributed by atoms with Gasteiger partial charge in [0.2, 0.25) is 17.6 Å². The summed E-state index contributed by atoms with van der Waals surface area (Å²) in [5.41, 5.74) is 1.34. The molecule has 14 heteroatoms. The Morgan fingerprint density at radius 3 is 2.47 bits per heavy atom. The average molecular weight is 655 g/mol. The summed E-state index contributed by atoms with van der Waals surface area (Å²) >= 11 is 0. The van der Waals surface area contributed by atoms with E-state index in [1.54, 1.807) is 44.6 Å². The average Bonchev–Trinajstić information content (AvgIpc) is 3.45. The van der Waals surface area contributed by atoms with Gasteiger partial charge in [0.05, 0.1) is 26.7 Å². The highest BCUT2D eigenvalue weighted by molar-refractivity contribution is 5.79. The van der Waals surface area contributed by atoms with E-state index in [9.17, 15) is 30.3 Å². The number of nitrogens with one attached hydrogen (secondary N) is 2. The third-order valence-electron chi connectivity index (χ3n) is 8.88. The Labute approximate surface area is 270 Å². The molecule has 0 unspecified atom stereocenters. The Bertz CT molecular complexity index is 1670. The number of likely N-dealkylation sites (N-methyl/N-ethyl adjacent to an activating group) is 1. The largest absolute Gasteiger partial charge is 0.508 e. The van der Waals surface area contributed by atoms with Crippen LogP contribution in [0.1, 0.15) is 28.7 Å². The molecule has 3 aliphatic heterocycles. The Hall–Kier alpha value is -4.31. The SMILES string of the molecule is CNCc1cc(OC)c(OC)c2c1[C@@H]1COc3cc(O[C@@H]4O[C@](CNC)(C(=O)O)[C@@H](O)[C@H](O)[C@H]4O)cc(-c4cccc(O)c4)c3[C@@H]1O2. The lowest BCUT2D eigenvalue weighted by Crippen LogP contribution is -2.71. The fraction of sp³-hybridized carbons (Fsp3) is 0.424. The second kappa shape index (κ2) is 12.7. The van der Waals surface area contributed by atoms with E-state index in [2.05, 4.69) is 10.6 Å². The zero-order chi connectivity index (χ0) is 33.6. The number of benzene rings is 3. The molecule has 0 bridgehead atoms. The number of phenols is 1. The van der Waals surface area contributed by atoms with Crippen LogP contribution in [0.2, 0.25) is 0 Å². The van der Waals surface area contributed by atoms with E-state index >= 15 is 0 Å². The summed E-state index contributed by atoms with van der Waals surface area (Å²) in [7, 11) is 6.40. The molecule has 1 saturated heterocycles. The minimum atomic E-state index is -2.32. The standard InChI is InChI=1S/C33H38N2O12/c1-34-12-16-9-22(42-3)28(43-4)29-23(16)20-13-44-21-11-18(10-19(24(21)27(20)46-29)15-6-5-7-17(36)8-15)45-31-26(38)25(37)30(39)33(47-31,14-35-2)32(40)41/h5-11,20,25-27,30-31,34-39H,12-14H2,1-4H3,(H,40,41)/t20-,25+,26+,27+,30-,31+,33-/m0/s1. The van der Waals surface area contributed by atoms with Crippen LogP contribution in [-0.2, 0) is 16.1 Å². The Morgan fingerprint density at radius 2 is 1.81 bits per heavy atom. The highest BCUT2D eigenvalue weighted by Crippen LogP contribution is 2.59. The van der Waals surface area contributed by atoms with Gasteiger partial charge in [-0.05, 0) is 55.1 Å². The number of aliphatic hydroxyl groups excluding tert-OH is 3. The molecule has 3 heterocycles. The van der Waals surface area contributed by atoms with Crippen LogP contribution in [0, 0.1) is 0 Å². The highest BCUT2D eigenvalue weighted by Gasteiger charge is 2.59. The molecule has 3 aliphatic rings. The summed E-state index contributed by atoms with van der Waals surface area (Å²) in [5, 5.41) is 58.3. The lowest BCUT2D eigenvalue weighted by atomic mass is 9.83. The van der Waals surface area contributed by atoms with Gasteiger partial charge in [0.15, 0.2) is 11.5 Å². The summed E-state index contributed by atoms with van der Waals surface area (Å²) in [5.74, 6) is 0.182. The molecule has 1 fully saturated rings. The van der Waals surface area contributed by atoms with E-state index < -0.39 is 42.3 Å². The molecule has 0 radical (unpaired) electrons. The van der Waals surface area contributed by atoms with Gasteiger partial charge in [-0.25, -0.2) is 4.79 Å². The quantitative estimate of drug-likeness (QED) is 0.165. The van der Waals surface area contributed by atoms with Gasteiger partial charge in [-0.2, -0.15) is 0 Å². The molecule has 0 amide bonds. The number of phenolic OH excluding ortho intramolecular Hbond substituents is 1. The van der Waals surface area contributed by atoms with Crippen LogP contribution in [0.3, 0.4) is 0 Å². The third kappa shape index (κ3) is 5.36. The monoisotopic (exact) mass is 654 g/mol. The van der Waals surface area contributed by atoms with E-state index in [-0.39, 0.29) is 30.6 Å². The molecule has 252 valence electrons. The molecule has 6 rings (SSSR count). The Morgan fingerprint density at radius 1 is 1.02 bits per heavy atom. The van der Waals surface area contributed by atoms with Crippen LogP contribution in [0.25, 0.3) is 11.1 Å². The maximum absolute atomic E-state index is 12.3. The number of carbonyl (C=O) groups is 1. The molecule has 7 N–H and O–H groups in total. The summed E-state index contributed by atoms with van der Waals surface area (Å²) in [6, 6.07) is 11.7. The maximum Gasteiger partial charge on any atom is 0.340 e. The van der Waals surface area contributed by atoms with Crippen molar-refractivity contribution in [3.63, 3.8) is 0 Å². The van der Waals surface area contributed by atoms with Crippen LogP contribution in [0.5, 0.6) is 34.5 Å².